The van der Waals surface area contributed by atoms with Gasteiger partial charge in [-0.2, -0.15) is 13.2 Å². The Morgan fingerprint density at radius 2 is 1.70 bits per heavy atom. The molecule has 0 atom stereocenters. The molecule has 7 heteroatoms. The van der Waals surface area contributed by atoms with Crippen LogP contribution in [0.4, 0.5) is 24.5 Å². The molecule has 0 aromatic heterocycles. The summed E-state index contributed by atoms with van der Waals surface area (Å²) >= 11 is 0. The van der Waals surface area contributed by atoms with Crippen LogP contribution in [0.25, 0.3) is 11.1 Å². The van der Waals surface area contributed by atoms with Crippen molar-refractivity contribution in [1.82, 2.24) is 0 Å². The number of nitro benzene ring substituents is 1. The molecule has 0 amide bonds. The molecule has 0 unspecified atom stereocenters. The summed E-state index contributed by atoms with van der Waals surface area (Å²) in [6.45, 7) is 0. The van der Waals surface area contributed by atoms with Gasteiger partial charge in [0.15, 0.2) is 0 Å². The van der Waals surface area contributed by atoms with Crippen molar-refractivity contribution in [3.8, 4) is 11.1 Å². The first-order valence-corrected chi connectivity index (χ1v) is 5.50. The summed E-state index contributed by atoms with van der Waals surface area (Å²) in [5.41, 5.74) is 4.81. The molecule has 2 N–H and O–H groups in total. The van der Waals surface area contributed by atoms with Crippen LogP contribution in [0.2, 0.25) is 0 Å². The zero-order valence-corrected chi connectivity index (χ0v) is 10.0. The quantitative estimate of drug-likeness (QED) is 0.516. The molecular formula is C13H9F3N2O2. The van der Waals surface area contributed by atoms with Gasteiger partial charge in [0, 0.05) is 6.07 Å². The second kappa shape index (κ2) is 4.84. The maximum atomic E-state index is 12.6. The molecule has 2 aromatic carbocycles. The van der Waals surface area contributed by atoms with Crippen LogP contribution in [0.3, 0.4) is 0 Å². The predicted octanol–water partition coefficient (Wildman–Crippen LogP) is 3.86. The molecule has 0 aliphatic rings. The number of nitrogens with two attached hydrogens (primary N) is 1. The summed E-state index contributed by atoms with van der Waals surface area (Å²) < 4.78 is 37.9. The van der Waals surface area contributed by atoms with E-state index in [1.807, 2.05) is 0 Å². The summed E-state index contributed by atoms with van der Waals surface area (Å²) in [5.74, 6) is 0. The van der Waals surface area contributed by atoms with Crippen molar-refractivity contribution in [1.29, 1.82) is 0 Å². The van der Waals surface area contributed by atoms with Gasteiger partial charge in [0.25, 0.3) is 5.69 Å². The Morgan fingerprint density at radius 3 is 2.30 bits per heavy atom. The van der Waals surface area contributed by atoms with Crippen molar-refractivity contribution < 1.29 is 18.1 Å². The van der Waals surface area contributed by atoms with Crippen molar-refractivity contribution in [3.63, 3.8) is 0 Å². The van der Waals surface area contributed by atoms with Crippen LogP contribution in [0, 0.1) is 10.1 Å². The van der Waals surface area contributed by atoms with Crippen LogP contribution in [-0.4, -0.2) is 4.92 Å². The lowest BCUT2D eigenvalue weighted by Gasteiger charge is -2.09. The van der Waals surface area contributed by atoms with E-state index in [-0.39, 0.29) is 16.9 Å². The lowest BCUT2D eigenvalue weighted by Crippen LogP contribution is -2.04. The molecule has 4 nitrogen and oxygen atoms in total. The molecule has 0 saturated heterocycles. The van der Waals surface area contributed by atoms with Crippen LogP contribution in [0.15, 0.2) is 42.5 Å². The number of halogens is 3. The first-order chi connectivity index (χ1) is 9.29. The number of hydrogen-bond acceptors (Lipinski definition) is 3. The molecule has 0 saturated carbocycles. The third-order valence-corrected chi connectivity index (χ3v) is 2.75. The van der Waals surface area contributed by atoms with E-state index in [9.17, 15) is 23.3 Å². The zero-order valence-electron chi connectivity index (χ0n) is 10.0. The Kier molecular flexibility index (Phi) is 3.35. The number of alkyl halides is 3. The predicted molar refractivity (Wildman–Crippen MR) is 67.9 cm³/mol. The number of nitro groups is 1. The largest absolute Gasteiger partial charge is 0.416 e. The first-order valence-electron chi connectivity index (χ1n) is 5.50. The fourth-order valence-electron chi connectivity index (χ4n) is 1.76. The third-order valence-electron chi connectivity index (χ3n) is 2.75. The molecule has 0 bridgehead atoms. The average Bonchev–Trinajstić information content (AvgIpc) is 2.38. The molecule has 20 heavy (non-hydrogen) atoms. The Morgan fingerprint density at radius 1 is 1.05 bits per heavy atom. The maximum absolute atomic E-state index is 12.6. The molecule has 0 radical (unpaired) electrons. The molecule has 0 spiro atoms. The van der Waals surface area contributed by atoms with E-state index in [0.29, 0.717) is 5.56 Å². The second-order valence-electron chi connectivity index (χ2n) is 4.11. The fraction of sp³-hybridized carbons (Fsp3) is 0.0769. The third kappa shape index (κ3) is 2.71. The van der Waals surface area contributed by atoms with E-state index < -0.39 is 16.7 Å². The summed E-state index contributed by atoms with van der Waals surface area (Å²) in [6.07, 6.45) is -4.46. The van der Waals surface area contributed by atoms with Gasteiger partial charge in [-0.25, -0.2) is 0 Å². The van der Waals surface area contributed by atoms with Gasteiger partial charge in [-0.1, -0.05) is 18.2 Å². The van der Waals surface area contributed by atoms with Gasteiger partial charge in [-0.05, 0) is 29.3 Å². The van der Waals surface area contributed by atoms with Crippen LogP contribution in [-0.2, 0) is 6.18 Å². The minimum atomic E-state index is -4.46. The van der Waals surface area contributed by atoms with E-state index in [2.05, 4.69) is 0 Å². The molecule has 0 aliphatic carbocycles. The summed E-state index contributed by atoms with van der Waals surface area (Å²) in [5, 5.41) is 10.8. The van der Waals surface area contributed by atoms with E-state index in [1.165, 1.54) is 24.3 Å². The van der Waals surface area contributed by atoms with Gasteiger partial charge in [-0.3, -0.25) is 10.1 Å². The van der Waals surface area contributed by atoms with Crippen molar-refractivity contribution in [2.24, 2.45) is 0 Å². The highest BCUT2D eigenvalue weighted by Gasteiger charge is 2.30. The second-order valence-corrected chi connectivity index (χ2v) is 4.11. The molecule has 104 valence electrons. The van der Waals surface area contributed by atoms with E-state index in [4.69, 9.17) is 5.73 Å². The smallest absolute Gasteiger partial charge is 0.393 e. The number of rotatable bonds is 2. The average molecular weight is 282 g/mol. The van der Waals surface area contributed by atoms with Crippen LogP contribution in [0.5, 0.6) is 0 Å². The normalized spacial score (nSPS) is 11.3. The molecule has 0 aliphatic heterocycles. The van der Waals surface area contributed by atoms with Crippen molar-refractivity contribution in [3.05, 3.63) is 58.1 Å². The van der Waals surface area contributed by atoms with Gasteiger partial charge in [0.2, 0.25) is 0 Å². The molecule has 0 heterocycles. The number of anilines is 1. The van der Waals surface area contributed by atoms with Crippen molar-refractivity contribution >= 4 is 11.4 Å². The minimum Gasteiger partial charge on any atom is -0.393 e. The Hall–Kier alpha value is -2.57. The molecular weight excluding hydrogens is 273 g/mol. The standard InChI is InChI=1S/C13H9F3N2O2/c14-13(15,16)10-3-1-2-8(6-10)9-4-5-11(17)12(7-9)18(19)20/h1-7H,17H2. The van der Waals surface area contributed by atoms with Crippen molar-refractivity contribution in [2.45, 2.75) is 6.18 Å². The Labute approximate surface area is 111 Å². The number of benzene rings is 2. The fourth-order valence-corrected chi connectivity index (χ4v) is 1.76. The molecule has 0 fully saturated rings. The Bertz CT molecular complexity index is 669. The SMILES string of the molecule is Nc1ccc(-c2cccc(C(F)(F)F)c2)cc1[N+](=O)[O-]. The van der Waals surface area contributed by atoms with Gasteiger partial charge in [0.1, 0.15) is 5.69 Å². The van der Waals surface area contributed by atoms with Gasteiger partial charge in [0.05, 0.1) is 10.5 Å². The highest BCUT2D eigenvalue weighted by molar-refractivity contribution is 5.72. The first kappa shape index (κ1) is 13.9. The Balaban J connectivity index is 2.52. The summed E-state index contributed by atoms with van der Waals surface area (Å²) in [6, 6.07) is 8.48. The monoisotopic (exact) mass is 282 g/mol. The highest BCUT2D eigenvalue weighted by Crippen LogP contribution is 2.34. The molecule has 2 aromatic rings. The van der Waals surface area contributed by atoms with E-state index in [1.54, 1.807) is 0 Å². The van der Waals surface area contributed by atoms with E-state index >= 15 is 0 Å². The maximum Gasteiger partial charge on any atom is 0.416 e. The zero-order chi connectivity index (χ0) is 14.9. The van der Waals surface area contributed by atoms with Crippen LogP contribution in [0.1, 0.15) is 5.56 Å². The lowest BCUT2D eigenvalue weighted by atomic mass is 10.0. The topological polar surface area (TPSA) is 69.2 Å². The number of hydrogen-bond donors (Lipinski definition) is 1. The lowest BCUT2D eigenvalue weighted by molar-refractivity contribution is -0.383. The molecule has 2 rings (SSSR count). The van der Waals surface area contributed by atoms with Crippen molar-refractivity contribution in [2.75, 3.05) is 5.73 Å². The van der Waals surface area contributed by atoms with Gasteiger partial charge >= 0.3 is 6.18 Å². The van der Waals surface area contributed by atoms with E-state index in [0.717, 1.165) is 18.2 Å². The minimum absolute atomic E-state index is 0.0364. The van der Waals surface area contributed by atoms with Gasteiger partial charge < -0.3 is 5.73 Å². The van der Waals surface area contributed by atoms with Crippen LogP contribution >= 0.6 is 0 Å². The summed E-state index contributed by atoms with van der Waals surface area (Å²) in [7, 11) is 0. The highest BCUT2D eigenvalue weighted by atomic mass is 19.4. The summed E-state index contributed by atoms with van der Waals surface area (Å²) in [4.78, 5) is 10.1. The van der Waals surface area contributed by atoms with Crippen LogP contribution < -0.4 is 5.73 Å². The number of nitrogen functional groups attached to an aromatic ring is 1. The van der Waals surface area contributed by atoms with Gasteiger partial charge in [-0.15, -0.1) is 0 Å². The number of nitrogens with zero attached hydrogens (tertiary/aromatic N) is 1.